The van der Waals surface area contributed by atoms with Crippen LogP contribution in [-0.4, -0.2) is 18.6 Å². The van der Waals surface area contributed by atoms with Gasteiger partial charge in [-0.2, -0.15) is 18.3 Å². The topological polar surface area (TPSA) is 74.8 Å². The van der Waals surface area contributed by atoms with Gasteiger partial charge < -0.3 is 0 Å². The molecule has 0 spiro atoms. The standard InChI is InChI=1S/C10H7BrF3N3O2S/c11-6-1-2-9(8(3-6)10(12,13)14)17-20(18,19)7-4-15-16-5-7/h1-5,17H,(H,15,16). The molecule has 2 rings (SSSR count). The molecule has 0 fully saturated rings. The molecule has 1 aromatic heterocycles. The third kappa shape index (κ3) is 3.12. The van der Waals surface area contributed by atoms with Gasteiger partial charge in [0.2, 0.25) is 0 Å². The first-order chi connectivity index (χ1) is 9.20. The average molecular weight is 370 g/mol. The molecular formula is C10H7BrF3N3O2S. The van der Waals surface area contributed by atoms with Crippen molar-refractivity contribution in [3.8, 4) is 0 Å². The quantitative estimate of drug-likeness (QED) is 0.873. The SMILES string of the molecule is O=S(=O)(Nc1ccc(Br)cc1C(F)(F)F)c1cn[nH]c1. The fourth-order valence-corrected chi connectivity index (χ4v) is 2.78. The monoisotopic (exact) mass is 369 g/mol. The summed E-state index contributed by atoms with van der Waals surface area (Å²) in [6.07, 6.45) is -2.62. The minimum Gasteiger partial charge on any atom is -0.284 e. The maximum absolute atomic E-state index is 12.9. The molecule has 0 aliphatic carbocycles. The van der Waals surface area contributed by atoms with Crippen molar-refractivity contribution in [2.75, 3.05) is 4.72 Å². The van der Waals surface area contributed by atoms with Crippen molar-refractivity contribution in [1.82, 2.24) is 10.2 Å². The van der Waals surface area contributed by atoms with Crippen LogP contribution in [0.3, 0.4) is 0 Å². The molecule has 0 aliphatic heterocycles. The Morgan fingerprint density at radius 3 is 2.55 bits per heavy atom. The van der Waals surface area contributed by atoms with Crippen LogP contribution >= 0.6 is 15.9 Å². The number of H-pyrrole nitrogens is 1. The highest BCUT2D eigenvalue weighted by Gasteiger charge is 2.35. The molecule has 1 heterocycles. The van der Waals surface area contributed by atoms with Gasteiger partial charge in [-0.25, -0.2) is 8.42 Å². The molecule has 20 heavy (non-hydrogen) atoms. The van der Waals surface area contributed by atoms with Crippen LogP contribution in [0.15, 0.2) is 40.0 Å². The number of hydrogen-bond donors (Lipinski definition) is 2. The smallest absolute Gasteiger partial charge is 0.284 e. The van der Waals surface area contributed by atoms with Crippen molar-refractivity contribution >= 4 is 31.6 Å². The Kier molecular flexibility index (Phi) is 3.78. The van der Waals surface area contributed by atoms with E-state index in [1.807, 2.05) is 4.72 Å². The normalized spacial score (nSPS) is 12.4. The van der Waals surface area contributed by atoms with E-state index in [0.29, 0.717) is 0 Å². The minimum absolute atomic E-state index is 0.191. The molecule has 0 bridgehead atoms. The third-order valence-corrected chi connectivity index (χ3v) is 4.14. The van der Waals surface area contributed by atoms with Crippen LogP contribution in [0.5, 0.6) is 0 Å². The van der Waals surface area contributed by atoms with E-state index in [9.17, 15) is 21.6 Å². The summed E-state index contributed by atoms with van der Waals surface area (Å²) >= 11 is 2.91. The number of nitrogens with one attached hydrogen (secondary N) is 2. The lowest BCUT2D eigenvalue weighted by Gasteiger charge is -2.14. The lowest BCUT2D eigenvalue weighted by Crippen LogP contribution is -2.16. The van der Waals surface area contributed by atoms with Gasteiger partial charge in [-0.1, -0.05) is 15.9 Å². The number of alkyl halides is 3. The summed E-state index contributed by atoms with van der Waals surface area (Å²) in [7, 11) is -4.12. The fourth-order valence-electron chi connectivity index (χ4n) is 1.43. The lowest BCUT2D eigenvalue weighted by molar-refractivity contribution is -0.136. The maximum atomic E-state index is 12.9. The number of sulfonamides is 1. The van der Waals surface area contributed by atoms with Crippen molar-refractivity contribution < 1.29 is 21.6 Å². The molecule has 0 saturated carbocycles. The first-order valence-corrected chi connectivity index (χ1v) is 7.36. The van der Waals surface area contributed by atoms with E-state index in [1.165, 1.54) is 6.07 Å². The predicted octanol–water partition coefficient (Wildman–Crippen LogP) is 2.99. The van der Waals surface area contributed by atoms with Crippen LogP contribution in [0.1, 0.15) is 5.56 Å². The maximum Gasteiger partial charge on any atom is 0.418 e. The first-order valence-electron chi connectivity index (χ1n) is 5.08. The predicted molar refractivity (Wildman–Crippen MR) is 68.5 cm³/mol. The highest BCUT2D eigenvalue weighted by atomic mass is 79.9. The second kappa shape index (κ2) is 5.09. The van der Waals surface area contributed by atoms with Crippen LogP contribution in [0, 0.1) is 0 Å². The molecule has 0 atom stereocenters. The van der Waals surface area contributed by atoms with Crippen LogP contribution < -0.4 is 4.72 Å². The summed E-state index contributed by atoms with van der Waals surface area (Å²) in [5.41, 5.74) is -1.64. The zero-order valence-electron chi connectivity index (χ0n) is 9.57. The molecule has 5 nitrogen and oxygen atoms in total. The van der Waals surface area contributed by atoms with Gasteiger partial charge in [-0.3, -0.25) is 9.82 Å². The van der Waals surface area contributed by atoms with Crippen molar-refractivity contribution in [1.29, 1.82) is 0 Å². The van der Waals surface area contributed by atoms with Crippen molar-refractivity contribution in [3.63, 3.8) is 0 Å². The zero-order chi connectivity index (χ0) is 15.0. The molecule has 108 valence electrons. The molecule has 0 aliphatic rings. The highest BCUT2D eigenvalue weighted by molar-refractivity contribution is 9.10. The molecule has 0 saturated heterocycles. The van der Waals surface area contributed by atoms with Crippen molar-refractivity contribution in [2.24, 2.45) is 0 Å². The molecule has 2 N–H and O–H groups in total. The van der Waals surface area contributed by atoms with Crippen LogP contribution in [0.2, 0.25) is 0 Å². The van der Waals surface area contributed by atoms with Crippen molar-refractivity contribution in [2.45, 2.75) is 11.1 Å². The summed E-state index contributed by atoms with van der Waals surface area (Å²) in [6.45, 7) is 0. The molecule has 2 aromatic rings. The Balaban J connectivity index is 2.45. The van der Waals surface area contributed by atoms with Gasteiger partial charge in [0.15, 0.2) is 0 Å². The van der Waals surface area contributed by atoms with E-state index in [2.05, 4.69) is 26.1 Å². The number of aromatic nitrogens is 2. The Labute approximate surface area is 120 Å². The van der Waals surface area contributed by atoms with Gasteiger partial charge in [-0.05, 0) is 18.2 Å². The van der Waals surface area contributed by atoms with Crippen molar-refractivity contribution in [3.05, 3.63) is 40.6 Å². The summed E-state index contributed by atoms with van der Waals surface area (Å²) in [6, 6.07) is 3.14. The fraction of sp³-hybridized carbons (Fsp3) is 0.100. The Bertz CT molecular complexity index is 714. The largest absolute Gasteiger partial charge is 0.418 e. The summed E-state index contributed by atoms with van der Waals surface area (Å²) in [5.74, 6) is 0. The minimum atomic E-state index is -4.68. The van der Waals surface area contributed by atoms with E-state index in [1.54, 1.807) is 0 Å². The van der Waals surface area contributed by atoms with Gasteiger partial charge in [0, 0.05) is 10.7 Å². The number of rotatable bonds is 3. The Morgan fingerprint density at radius 1 is 1.30 bits per heavy atom. The lowest BCUT2D eigenvalue weighted by atomic mass is 10.2. The van der Waals surface area contributed by atoms with Gasteiger partial charge in [0.05, 0.1) is 17.4 Å². The van der Waals surface area contributed by atoms with Gasteiger partial charge >= 0.3 is 6.18 Å². The second-order valence-electron chi connectivity index (χ2n) is 3.73. The number of halogens is 4. The molecular weight excluding hydrogens is 363 g/mol. The average Bonchev–Trinajstić information content (AvgIpc) is 2.84. The first kappa shape index (κ1) is 14.9. The van der Waals surface area contributed by atoms with Crippen LogP contribution in [-0.2, 0) is 16.2 Å². The number of hydrogen-bond acceptors (Lipinski definition) is 3. The Morgan fingerprint density at radius 2 is 2.00 bits per heavy atom. The molecule has 0 amide bonds. The van der Waals surface area contributed by atoms with E-state index >= 15 is 0 Å². The molecule has 0 radical (unpaired) electrons. The highest BCUT2D eigenvalue weighted by Crippen LogP contribution is 2.37. The number of anilines is 1. The van der Waals surface area contributed by atoms with E-state index in [0.717, 1.165) is 24.5 Å². The summed E-state index contributed by atoms with van der Waals surface area (Å²) in [4.78, 5) is -0.256. The van der Waals surface area contributed by atoms with E-state index < -0.39 is 27.5 Å². The van der Waals surface area contributed by atoms with Gasteiger partial charge in [0.1, 0.15) is 4.90 Å². The van der Waals surface area contributed by atoms with Crippen LogP contribution in [0.4, 0.5) is 18.9 Å². The second-order valence-corrected chi connectivity index (χ2v) is 6.33. The van der Waals surface area contributed by atoms with Gasteiger partial charge in [0.25, 0.3) is 10.0 Å². The molecule has 0 unspecified atom stereocenters. The number of benzene rings is 1. The van der Waals surface area contributed by atoms with E-state index in [-0.39, 0.29) is 9.37 Å². The zero-order valence-corrected chi connectivity index (χ0v) is 12.0. The Hall–Kier alpha value is -1.55. The summed E-state index contributed by atoms with van der Waals surface area (Å²) < 4.78 is 64.5. The van der Waals surface area contributed by atoms with E-state index in [4.69, 9.17) is 0 Å². The molecule has 10 heteroatoms. The number of nitrogens with zero attached hydrogens (tertiary/aromatic N) is 1. The van der Waals surface area contributed by atoms with Gasteiger partial charge in [-0.15, -0.1) is 0 Å². The third-order valence-electron chi connectivity index (χ3n) is 2.31. The number of aromatic amines is 1. The molecule has 1 aromatic carbocycles. The summed E-state index contributed by atoms with van der Waals surface area (Å²) in [5, 5.41) is 5.72. The van der Waals surface area contributed by atoms with Crippen LogP contribution in [0.25, 0.3) is 0 Å².